The van der Waals surface area contributed by atoms with E-state index in [9.17, 15) is 4.79 Å². The monoisotopic (exact) mass is 438 g/mol. The van der Waals surface area contributed by atoms with E-state index in [-0.39, 0.29) is 5.91 Å². The molecular weight excluding hydrogens is 412 g/mol. The van der Waals surface area contributed by atoms with Crippen LogP contribution in [0, 0.1) is 13.8 Å². The van der Waals surface area contributed by atoms with Crippen molar-refractivity contribution in [1.29, 1.82) is 0 Å². The maximum atomic E-state index is 12.4. The van der Waals surface area contributed by atoms with Crippen LogP contribution in [0.5, 0.6) is 17.2 Å². The number of nitrogens with one attached hydrogen (secondary N) is 1. The van der Waals surface area contributed by atoms with Crippen LogP contribution in [0.1, 0.15) is 21.7 Å². The molecule has 0 saturated carbocycles. The van der Waals surface area contributed by atoms with Gasteiger partial charge >= 0.3 is 0 Å². The topological polar surface area (TPSA) is 69.7 Å². The van der Waals surface area contributed by atoms with E-state index in [1.807, 2.05) is 19.1 Å². The third kappa shape index (κ3) is 5.24. The summed E-state index contributed by atoms with van der Waals surface area (Å²) in [6.45, 7) is 4.46. The molecule has 3 aromatic rings. The summed E-state index contributed by atoms with van der Waals surface area (Å²) in [4.78, 5) is 18.1. The Morgan fingerprint density at radius 1 is 1.06 bits per heavy atom. The van der Waals surface area contributed by atoms with E-state index in [2.05, 4.69) is 29.4 Å². The predicted molar refractivity (Wildman–Crippen MR) is 124 cm³/mol. The van der Waals surface area contributed by atoms with Crippen molar-refractivity contribution >= 4 is 23.3 Å². The van der Waals surface area contributed by atoms with Crippen LogP contribution in [0.4, 0.5) is 0 Å². The number of benzene rings is 2. The number of amides is 1. The lowest BCUT2D eigenvalue weighted by atomic mass is 10.1. The molecule has 0 unspecified atom stereocenters. The molecule has 3 rings (SSSR count). The summed E-state index contributed by atoms with van der Waals surface area (Å²) in [6, 6.07) is 11.7. The van der Waals surface area contributed by atoms with Crippen molar-refractivity contribution in [2.24, 2.45) is 0 Å². The highest BCUT2D eigenvalue weighted by molar-refractivity contribution is 7.15. The lowest BCUT2D eigenvalue weighted by Gasteiger charge is -2.12. The molecule has 0 aliphatic rings. The molecule has 0 spiro atoms. The number of nitrogens with zero attached hydrogens (tertiary/aromatic N) is 1. The molecule has 0 radical (unpaired) electrons. The number of hydrogen-bond donors (Lipinski definition) is 1. The number of carbonyl (C=O) groups excluding carboxylic acids is 1. The number of aromatic nitrogens is 1. The Balaban J connectivity index is 1.68. The zero-order valence-corrected chi connectivity index (χ0v) is 19.1. The molecule has 0 saturated heterocycles. The summed E-state index contributed by atoms with van der Waals surface area (Å²) in [5, 5.41) is 3.89. The highest BCUT2D eigenvalue weighted by Crippen LogP contribution is 2.38. The van der Waals surface area contributed by atoms with Gasteiger partial charge in [0.15, 0.2) is 11.5 Å². The van der Waals surface area contributed by atoms with Gasteiger partial charge in [-0.25, -0.2) is 4.98 Å². The Morgan fingerprint density at radius 2 is 1.74 bits per heavy atom. The van der Waals surface area contributed by atoms with E-state index in [0.717, 1.165) is 26.7 Å². The second-order valence-electron chi connectivity index (χ2n) is 6.85. The Kier molecular flexibility index (Phi) is 7.31. The third-order valence-corrected chi connectivity index (χ3v) is 6.00. The minimum absolute atomic E-state index is 0.195. The Hall–Kier alpha value is -3.32. The summed E-state index contributed by atoms with van der Waals surface area (Å²) in [5.41, 5.74) is 3.99. The van der Waals surface area contributed by atoms with Gasteiger partial charge in [-0.15, -0.1) is 11.3 Å². The first kappa shape index (κ1) is 22.4. The van der Waals surface area contributed by atoms with Crippen LogP contribution in [0.15, 0.2) is 42.5 Å². The van der Waals surface area contributed by atoms with Crippen LogP contribution in [0.2, 0.25) is 0 Å². The maximum absolute atomic E-state index is 12.4. The van der Waals surface area contributed by atoms with Gasteiger partial charge in [0.05, 0.1) is 33.6 Å². The van der Waals surface area contributed by atoms with E-state index < -0.39 is 0 Å². The molecule has 1 N–H and O–H groups in total. The van der Waals surface area contributed by atoms with Crippen LogP contribution in [0.3, 0.4) is 0 Å². The maximum Gasteiger partial charge on any atom is 0.244 e. The largest absolute Gasteiger partial charge is 0.493 e. The number of ether oxygens (including phenoxy) is 3. The number of rotatable bonds is 8. The molecule has 0 atom stereocenters. The average molecular weight is 439 g/mol. The fraction of sp³-hybridized carbons (Fsp3) is 0.250. The fourth-order valence-corrected chi connectivity index (χ4v) is 4.21. The van der Waals surface area contributed by atoms with Crippen molar-refractivity contribution in [2.75, 3.05) is 21.3 Å². The quantitative estimate of drug-likeness (QED) is 0.513. The predicted octanol–water partition coefficient (Wildman–Crippen LogP) is 4.78. The molecule has 7 heteroatoms. The van der Waals surface area contributed by atoms with E-state index in [1.54, 1.807) is 50.9 Å². The molecular formula is C24H26N2O4S. The lowest BCUT2D eigenvalue weighted by molar-refractivity contribution is -0.116. The van der Waals surface area contributed by atoms with Gasteiger partial charge in [0.25, 0.3) is 0 Å². The lowest BCUT2D eigenvalue weighted by Crippen LogP contribution is -2.20. The molecule has 162 valence electrons. The average Bonchev–Trinajstić information content (AvgIpc) is 3.15. The van der Waals surface area contributed by atoms with Crippen molar-refractivity contribution in [3.05, 3.63) is 64.2 Å². The van der Waals surface area contributed by atoms with Gasteiger partial charge in [0, 0.05) is 16.5 Å². The van der Waals surface area contributed by atoms with Crippen molar-refractivity contribution in [1.82, 2.24) is 10.3 Å². The van der Waals surface area contributed by atoms with Gasteiger partial charge in [0.2, 0.25) is 11.7 Å². The fourth-order valence-electron chi connectivity index (χ4n) is 3.12. The van der Waals surface area contributed by atoms with Gasteiger partial charge in [-0.2, -0.15) is 0 Å². The minimum atomic E-state index is -0.195. The summed E-state index contributed by atoms with van der Waals surface area (Å²) < 4.78 is 16.0. The second-order valence-corrected chi connectivity index (χ2v) is 7.94. The van der Waals surface area contributed by atoms with Crippen LogP contribution < -0.4 is 19.5 Å². The molecule has 0 fully saturated rings. The first-order chi connectivity index (χ1) is 15.0. The van der Waals surface area contributed by atoms with Crippen molar-refractivity contribution in [3.63, 3.8) is 0 Å². The first-order valence-corrected chi connectivity index (χ1v) is 10.6. The molecule has 6 nitrogen and oxygen atoms in total. The molecule has 0 aliphatic carbocycles. The second kappa shape index (κ2) is 10.1. The number of hydrogen-bond acceptors (Lipinski definition) is 6. The molecule has 1 amide bonds. The number of methoxy groups -OCH3 is 3. The standard InChI is InChI=1S/C24H26N2O4S/c1-15-8-6-7-9-18(15)24-26-16(2)21(31-24)14-25-22(27)11-10-17-12-19(28-3)23(30-5)20(13-17)29-4/h6-13H,14H2,1-5H3,(H,25,27). The van der Waals surface area contributed by atoms with Gasteiger partial charge in [-0.3, -0.25) is 4.79 Å². The van der Waals surface area contributed by atoms with E-state index in [1.165, 1.54) is 11.6 Å². The van der Waals surface area contributed by atoms with Gasteiger partial charge < -0.3 is 19.5 Å². The van der Waals surface area contributed by atoms with Crippen LogP contribution >= 0.6 is 11.3 Å². The summed E-state index contributed by atoms with van der Waals surface area (Å²) >= 11 is 1.60. The summed E-state index contributed by atoms with van der Waals surface area (Å²) in [6.07, 6.45) is 3.19. The highest BCUT2D eigenvalue weighted by Gasteiger charge is 2.13. The normalized spacial score (nSPS) is 10.9. The van der Waals surface area contributed by atoms with E-state index in [0.29, 0.717) is 23.8 Å². The van der Waals surface area contributed by atoms with Crippen molar-refractivity contribution in [3.8, 4) is 27.8 Å². The molecule has 2 aromatic carbocycles. The van der Waals surface area contributed by atoms with Crippen molar-refractivity contribution < 1.29 is 19.0 Å². The zero-order chi connectivity index (χ0) is 22.4. The molecule has 1 aromatic heterocycles. The van der Waals surface area contributed by atoms with Crippen LogP contribution in [-0.4, -0.2) is 32.2 Å². The zero-order valence-electron chi connectivity index (χ0n) is 18.3. The first-order valence-electron chi connectivity index (χ1n) is 9.75. The highest BCUT2D eigenvalue weighted by atomic mass is 32.1. The molecule has 0 aliphatic heterocycles. The number of aryl methyl sites for hydroxylation is 2. The Bertz CT molecular complexity index is 1080. The Morgan fingerprint density at radius 3 is 2.35 bits per heavy atom. The minimum Gasteiger partial charge on any atom is -0.493 e. The molecule has 1 heterocycles. The SMILES string of the molecule is COc1cc(C=CC(=O)NCc2sc(-c3ccccc3C)nc2C)cc(OC)c1OC. The van der Waals surface area contributed by atoms with Gasteiger partial charge in [0.1, 0.15) is 5.01 Å². The van der Waals surface area contributed by atoms with Crippen LogP contribution in [0.25, 0.3) is 16.6 Å². The molecule has 31 heavy (non-hydrogen) atoms. The number of carbonyl (C=O) groups is 1. The molecule has 0 bridgehead atoms. The summed E-state index contributed by atoms with van der Waals surface area (Å²) in [7, 11) is 4.66. The smallest absolute Gasteiger partial charge is 0.244 e. The Labute approximate surface area is 186 Å². The van der Waals surface area contributed by atoms with E-state index >= 15 is 0 Å². The number of thiazole rings is 1. The van der Waals surface area contributed by atoms with Crippen LogP contribution in [-0.2, 0) is 11.3 Å². The van der Waals surface area contributed by atoms with Crippen molar-refractivity contribution in [2.45, 2.75) is 20.4 Å². The van der Waals surface area contributed by atoms with Gasteiger partial charge in [-0.05, 0) is 43.2 Å². The van der Waals surface area contributed by atoms with Gasteiger partial charge in [-0.1, -0.05) is 24.3 Å². The third-order valence-electron chi connectivity index (χ3n) is 4.81. The summed E-state index contributed by atoms with van der Waals surface area (Å²) in [5.74, 6) is 1.38. The van der Waals surface area contributed by atoms with E-state index in [4.69, 9.17) is 14.2 Å².